The molecule has 1 saturated heterocycles. The number of rotatable bonds is 3. The van der Waals surface area contributed by atoms with Crippen molar-refractivity contribution < 1.29 is 4.79 Å². The number of piperidine rings is 1. The number of nitrogens with zero attached hydrogens (tertiary/aromatic N) is 2. The molecular weight excluding hydrogens is 335 g/mol. The molecule has 2 heterocycles. The minimum Gasteiger partial charge on any atom is -0.348 e. The zero-order valence-corrected chi connectivity index (χ0v) is 14.5. The summed E-state index contributed by atoms with van der Waals surface area (Å²) >= 11 is 6.25. The summed E-state index contributed by atoms with van der Waals surface area (Å²) in [5, 5.41) is 11.4. The fourth-order valence-electron chi connectivity index (χ4n) is 2.74. The van der Waals surface area contributed by atoms with Crippen LogP contribution in [0.4, 0.5) is 0 Å². The van der Waals surface area contributed by atoms with Gasteiger partial charge in [0, 0.05) is 31.4 Å². The number of amides is 1. The van der Waals surface area contributed by atoms with Gasteiger partial charge in [-0.15, -0.1) is 12.4 Å². The standard InChI is InChI=1S/C16H19ClN4O.ClH/c1-21-10-13(16(22)19-11-5-4-8-18-9-11)15(20-21)12-6-2-3-7-14(12)17;/h2-3,6-7,10-11,18H,4-5,8-9H2,1H3,(H,19,22);1H/t11-;/m0./s1. The molecule has 0 radical (unpaired) electrons. The SMILES string of the molecule is Cl.Cn1cc(C(=O)N[C@H]2CCCNC2)c(-c2ccccc2Cl)n1. The fraction of sp³-hybridized carbons (Fsp3) is 0.375. The quantitative estimate of drug-likeness (QED) is 0.890. The van der Waals surface area contributed by atoms with E-state index in [1.165, 1.54) is 0 Å². The molecule has 5 nitrogen and oxygen atoms in total. The van der Waals surface area contributed by atoms with Gasteiger partial charge in [-0.2, -0.15) is 5.10 Å². The van der Waals surface area contributed by atoms with Gasteiger partial charge in [0.05, 0.1) is 10.6 Å². The maximum absolute atomic E-state index is 12.6. The van der Waals surface area contributed by atoms with Gasteiger partial charge >= 0.3 is 0 Å². The molecule has 1 aliphatic heterocycles. The summed E-state index contributed by atoms with van der Waals surface area (Å²) < 4.78 is 1.65. The number of hydrogen-bond acceptors (Lipinski definition) is 3. The van der Waals surface area contributed by atoms with Crippen LogP contribution in [-0.2, 0) is 7.05 Å². The van der Waals surface area contributed by atoms with Crippen molar-refractivity contribution in [3.8, 4) is 11.3 Å². The monoisotopic (exact) mass is 354 g/mol. The second-order valence-corrected chi connectivity index (χ2v) is 5.97. The zero-order chi connectivity index (χ0) is 15.5. The van der Waals surface area contributed by atoms with Gasteiger partial charge in [-0.3, -0.25) is 9.48 Å². The third-order valence-corrected chi connectivity index (χ3v) is 4.16. The first-order valence-electron chi connectivity index (χ1n) is 7.45. The van der Waals surface area contributed by atoms with Crippen molar-refractivity contribution in [1.29, 1.82) is 0 Å². The van der Waals surface area contributed by atoms with Gasteiger partial charge in [-0.25, -0.2) is 0 Å². The van der Waals surface area contributed by atoms with Crippen molar-refractivity contribution in [1.82, 2.24) is 20.4 Å². The Kier molecular flexibility index (Phi) is 6.04. The van der Waals surface area contributed by atoms with Crippen LogP contribution in [0.1, 0.15) is 23.2 Å². The molecule has 1 aromatic heterocycles. The van der Waals surface area contributed by atoms with E-state index >= 15 is 0 Å². The molecule has 1 amide bonds. The van der Waals surface area contributed by atoms with Crippen LogP contribution in [0.5, 0.6) is 0 Å². The van der Waals surface area contributed by atoms with E-state index in [1.807, 2.05) is 18.2 Å². The molecule has 1 aliphatic rings. The number of halogens is 2. The topological polar surface area (TPSA) is 59.0 Å². The molecule has 3 rings (SSSR count). The largest absolute Gasteiger partial charge is 0.348 e. The van der Waals surface area contributed by atoms with Crippen LogP contribution in [0.25, 0.3) is 11.3 Å². The minimum absolute atomic E-state index is 0. The molecule has 23 heavy (non-hydrogen) atoms. The fourth-order valence-corrected chi connectivity index (χ4v) is 2.97. The molecular formula is C16H20Cl2N4O. The van der Waals surface area contributed by atoms with E-state index in [-0.39, 0.29) is 24.4 Å². The molecule has 1 aromatic carbocycles. The lowest BCUT2D eigenvalue weighted by atomic mass is 10.1. The molecule has 1 atom stereocenters. The van der Waals surface area contributed by atoms with Gasteiger partial charge in [0.2, 0.25) is 0 Å². The average Bonchev–Trinajstić information content (AvgIpc) is 2.90. The van der Waals surface area contributed by atoms with E-state index in [1.54, 1.807) is 24.0 Å². The Hall–Kier alpha value is -1.56. The average molecular weight is 355 g/mol. The second kappa shape index (κ2) is 7.81. The highest BCUT2D eigenvalue weighted by atomic mass is 35.5. The van der Waals surface area contributed by atoms with Crippen LogP contribution in [0.2, 0.25) is 5.02 Å². The number of aryl methyl sites for hydroxylation is 1. The van der Waals surface area contributed by atoms with E-state index in [2.05, 4.69) is 15.7 Å². The van der Waals surface area contributed by atoms with Gasteiger partial charge in [-0.05, 0) is 25.5 Å². The van der Waals surface area contributed by atoms with Crippen molar-refractivity contribution in [2.24, 2.45) is 7.05 Å². The molecule has 0 bridgehead atoms. The summed E-state index contributed by atoms with van der Waals surface area (Å²) in [6.45, 7) is 1.83. The number of benzene rings is 1. The Bertz CT molecular complexity index is 680. The lowest BCUT2D eigenvalue weighted by Crippen LogP contribution is -2.45. The molecule has 2 aromatic rings. The summed E-state index contributed by atoms with van der Waals surface area (Å²) in [5.41, 5.74) is 1.95. The Morgan fingerprint density at radius 3 is 2.91 bits per heavy atom. The lowest BCUT2D eigenvalue weighted by Gasteiger charge is -2.23. The molecule has 124 valence electrons. The molecule has 0 unspecified atom stereocenters. The Labute approximate surface area is 146 Å². The van der Waals surface area contributed by atoms with Crippen molar-refractivity contribution in [3.63, 3.8) is 0 Å². The van der Waals surface area contributed by atoms with Crippen LogP contribution in [0, 0.1) is 0 Å². The molecule has 0 saturated carbocycles. The smallest absolute Gasteiger partial charge is 0.255 e. The Morgan fingerprint density at radius 2 is 2.22 bits per heavy atom. The van der Waals surface area contributed by atoms with Crippen LogP contribution in [-0.4, -0.2) is 34.8 Å². The third-order valence-electron chi connectivity index (χ3n) is 3.83. The van der Waals surface area contributed by atoms with Crippen molar-refractivity contribution in [2.75, 3.05) is 13.1 Å². The number of carbonyl (C=O) groups excluding carboxylic acids is 1. The zero-order valence-electron chi connectivity index (χ0n) is 12.9. The van der Waals surface area contributed by atoms with E-state index in [0.717, 1.165) is 31.5 Å². The van der Waals surface area contributed by atoms with Gasteiger partial charge in [0.1, 0.15) is 5.69 Å². The number of hydrogen-bond donors (Lipinski definition) is 2. The number of aromatic nitrogens is 2. The summed E-state index contributed by atoms with van der Waals surface area (Å²) in [5.74, 6) is -0.100. The van der Waals surface area contributed by atoms with Crippen LogP contribution in [0.15, 0.2) is 30.5 Å². The molecule has 1 fully saturated rings. The van der Waals surface area contributed by atoms with Gasteiger partial charge in [0.15, 0.2) is 0 Å². The van der Waals surface area contributed by atoms with Gasteiger partial charge in [0.25, 0.3) is 5.91 Å². The Balaban J connectivity index is 0.00000192. The first kappa shape index (κ1) is 17.8. The maximum Gasteiger partial charge on any atom is 0.255 e. The summed E-state index contributed by atoms with van der Waals surface area (Å²) in [6, 6.07) is 7.60. The van der Waals surface area contributed by atoms with E-state index < -0.39 is 0 Å². The van der Waals surface area contributed by atoms with Crippen molar-refractivity contribution in [3.05, 3.63) is 41.0 Å². The number of nitrogens with one attached hydrogen (secondary N) is 2. The van der Waals surface area contributed by atoms with E-state index in [9.17, 15) is 4.79 Å². The summed E-state index contributed by atoms with van der Waals surface area (Å²) in [7, 11) is 1.80. The normalized spacial score (nSPS) is 17.4. The van der Waals surface area contributed by atoms with Crippen molar-refractivity contribution >= 4 is 29.9 Å². The van der Waals surface area contributed by atoms with Crippen LogP contribution in [0.3, 0.4) is 0 Å². The van der Waals surface area contributed by atoms with E-state index in [4.69, 9.17) is 11.6 Å². The maximum atomic E-state index is 12.6. The summed E-state index contributed by atoms with van der Waals surface area (Å²) in [6.07, 6.45) is 3.82. The molecule has 0 aliphatic carbocycles. The highest BCUT2D eigenvalue weighted by Crippen LogP contribution is 2.29. The predicted octanol–water partition coefficient (Wildman–Crippen LogP) is 2.64. The van der Waals surface area contributed by atoms with Crippen molar-refractivity contribution in [2.45, 2.75) is 18.9 Å². The van der Waals surface area contributed by atoms with Crippen LogP contribution < -0.4 is 10.6 Å². The highest BCUT2D eigenvalue weighted by molar-refractivity contribution is 6.33. The minimum atomic E-state index is -0.100. The lowest BCUT2D eigenvalue weighted by molar-refractivity contribution is 0.0931. The predicted molar refractivity (Wildman–Crippen MR) is 94.3 cm³/mol. The number of carbonyl (C=O) groups is 1. The Morgan fingerprint density at radius 1 is 1.43 bits per heavy atom. The third kappa shape index (κ3) is 4.05. The second-order valence-electron chi connectivity index (χ2n) is 5.56. The first-order chi connectivity index (χ1) is 10.6. The molecule has 2 N–H and O–H groups in total. The molecule has 0 spiro atoms. The van der Waals surface area contributed by atoms with Gasteiger partial charge in [-0.1, -0.05) is 29.8 Å². The van der Waals surface area contributed by atoms with Crippen LogP contribution >= 0.6 is 24.0 Å². The van der Waals surface area contributed by atoms with E-state index in [0.29, 0.717) is 16.3 Å². The summed E-state index contributed by atoms with van der Waals surface area (Å²) in [4.78, 5) is 12.6. The molecule has 7 heteroatoms. The van der Waals surface area contributed by atoms with Gasteiger partial charge < -0.3 is 10.6 Å². The first-order valence-corrected chi connectivity index (χ1v) is 7.83. The highest BCUT2D eigenvalue weighted by Gasteiger charge is 2.22.